The van der Waals surface area contributed by atoms with Crippen LogP contribution in [-0.4, -0.2) is 18.8 Å². The van der Waals surface area contributed by atoms with Crippen molar-refractivity contribution in [1.82, 2.24) is 0 Å². The van der Waals surface area contributed by atoms with Gasteiger partial charge in [-0.2, -0.15) is 0 Å². The van der Waals surface area contributed by atoms with Crippen LogP contribution < -0.4 is 10.1 Å². The molecule has 0 saturated carbocycles. The number of amides is 1. The highest BCUT2D eigenvalue weighted by atomic mass is 35.5. The van der Waals surface area contributed by atoms with E-state index in [0.717, 1.165) is 5.56 Å². The fourth-order valence-electron chi connectivity index (χ4n) is 2.55. The first-order valence-corrected chi connectivity index (χ1v) is 7.95. The molecular weight excluding hydrogens is 349 g/mol. The van der Waals surface area contributed by atoms with E-state index < -0.39 is 11.7 Å². The van der Waals surface area contributed by atoms with Gasteiger partial charge in [0.15, 0.2) is 5.75 Å². The summed E-state index contributed by atoms with van der Waals surface area (Å²) in [5, 5.41) is 3.35. The van der Waals surface area contributed by atoms with Crippen LogP contribution in [-0.2, 0) is 4.74 Å². The van der Waals surface area contributed by atoms with Gasteiger partial charge in [0, 0.05) is 25.2 Å². The van der Waals surface area contributed by atoms with Crippen LogP contribution in [0.3, 0.4) is 0 Å². The predicted octanol–water partition coefficient (Wildman–Crippen LogP) is 5.01. The lowest BCUT2D eigenvalue weighted by Gasteiger charge is -2.23. The zero-order valence-electron chi connectivity index (χ0n) is 13.2. The molecule has 0 spiro atoms. The third-order valence-corrected chi connectivity index (χ3v) is 4.64. The number of para-hydroxylation sites is 1. The minimum Gasteiger partial charge on any atom is -0.455 e. The Hall–Kier alpha value is -2.01. The second-order valence-corrected chi connectivity index (χ2v) is 6.28. The van der Waals surface area contributed by atoms with Crippen LogP contribution in [0.15, 0.2) is 43.0 Å². The van der Waals surface area contributed by atoms with Crippen molar-refractivity contribution in [3.05, 3.63) is 64.1 Å². The number of hydrogen-bond donors (Lipinski definition) is 1. The van der Waals surface area contributed by atoms with Crippen LogP contribution >= 0.6 is 23.2 Å². The van der Waals surface area contributed by atoms with Crippen LogP contribution in [0.2, 0.25) is 10.0 Å². The van der Waals surface area contributed by atoms with Gasteiger partial charge in [-0.1, -0.05) is 48.0 Å². The van der Waals surface area contributed by atoms with Gasteiger partial charge < -0.3 is 14.8 Å². The molecule has 1 amide bonds. The first-order chi connectivity index (χ1) is 11.4. The molecule has 124 valence electrons. The molecule has 4 nitrogen and oxygen atoms in total. The predicted molar refractivity (Wildman–Crippen MR) is 95.9 cm³/mol. The summed E-state index contributed by atoms with van der Waals surface area (Å²) < 4.78 is 11.3. The smallest absolute Gasteiger partial charge is 0.258 e. The van der Waals surface area contributed by atoms with Gasteiger partial charge in [0.2, 0.25) is 5.79 Å². The van der Waals surface area contributed by atoms with Crippen LogP contribution in [0, 0.1) is 0 Å². The molecule has 0 fully saturated rings. The summed E-state index contributed by atoms with van der Waals surface area (Å²) in [5.74, 6) is -0.881. The van der Waals surface area contributed by atoms with Gasteiger partial charge in [0.1, 0.15) is 0 Å². The summed E-state index contributed by atoms with van der Waals surface area (Å²) in [6, 6.07) is 10.3. The molecule has 2 aromatic rings. The van der Waals surface area contributed by atoms with Crippen molar-refractivity contribution >= 4 is 40.4 Å². The van der Waals surface area contributed by atoms with Crippen molar-refractivity contribution < 1.29 is 14.3 Å². The number of hydrogen-bond acceptors (Lipinski definition) is 3. The third kappa shape index (κ3) is 2.67. The molecule has 0 radical (unpaired) electrons. The molecule has 0 saturated heterocycles. The summed E-state index contributed by atoms with van der Waals surface area (Å²) >= 11 is 12.2. The number of nitrogens with one attached hydrogen (secondary N) is 1. The third-order valence-electron chi connectivity index (χ3n) is 4.01. The van der Waals surface area contributed by atoms with Crippen LogP contribution in [0.4, 0.5) is 5.69 Å². The standard InChI is InChI=1S/C18H15Cl2NO3/c1-10-11-6-4-9-14(16(11)24-18(10,2)23-3)21-17(22)15-12(19)7-5-8-13(15)20/h4-9H,1H2,2-3H3,(H,21,22). The van der Waals surface area contributed by atoms with Crippen molar-refractivity contribution in [3.63, 3.8) is 0 Å². The van der Waals surface area contributed by atoms with Gasteiger partial charge in [0.25, 0.3) is 5.91 Å². The highest BCUT2D eigenvalue weighted by Crippen LogP contribution is 2.47. The number of rotatable bonds is 3. The van der Waals surface area contributed by atoms with Crippen molar-refractivity contribution in [1.29, 1.82) is 0 Å². The van der Waals surface area contributed by atoms with Crippen LogP contribution in [0.5, 0.6) is 5.75 Å². The highest BCUT2D eigenvalue weighted by Gasteiger charge is 2.40. The fourth-order valence-corrected chi connectivity index (χ4v) is 3.12. The number of carbonyl (C=O) groups excluding carboxylic acids is 1. The largest absolute Gasteiger partial charge is 0.455 e. The first kappa shape index (κ1) is 16.8. The monoisotopic (exact) mass is 363 g/mol. The van der Waals surface area contributed by atoms with E-state index in [1.54, 1.807) is 44.4 Å². The van der Waals surface area contributed by atoms with E-state index in [9.17, 15) is 4.79 Å². The van der Waals surface area contributed by atoms with Crippen molar-refractivity contribution in [2.24, 2.45) is 0 Å². The van der Waals surface area contributed by atoms with E-state index in [4.69, 9.17) is 32.7 Å². The quantitative estimate of drug-likeness (QED) is 0.833. The summed E-state index contributed by atoms with van der Waals surface area (Å²) in [7, 11) is 1.54. The average Bonchev–Trinajstić information content (AvgIpc) is 2.81. The van der Waals surface area contributed by atoms with E-state index in [-0.39, 0.29) is 15.6 Å². The highest BCUT2D eigenvalue weighted by molar-refractivity contribution is 6.40. The molecule has 0 aliphatic carbocycles. The van der Waals surface area contributed by atoms with E-state index >= 15 is 0 Å². The Morgan fingerprint density at radius 3 is 2.46 bits per heavy atom. The van der Waals surface area contributed by atoms with Crippen LogP contribution in [0.1, 0.15) is 22.8 Å². The Balaban J connectivity index is 1.97. The topological polar surface area (TPSA) is 47.6 Å². The van der Waals surface area contributed by atoms with Gasteiger partial charge in [-0.25, -0.2) is 0 Å². The molecule has 24 heavy (non-hydrogen) atoms. The maximum atomic E-state index is 12.6. The average molecular weight is 364 g/mol. The molecule has 1 aliphatic heterocycles. The van der Waals surface area contributed by atoms with Gasteiger partial charge in [-0.05, 0) is 18.2 Å². The Morgan fingerprint density at radius 1 is 1.21 bits per heavy atom. The van der Waals surface area contributed by atoms with Gasteiger partial charge >= 0.3 is 0 Å². The normalized spacial score (nSPS) is 18.9. The zero-order chi connectivity index (χ0) is 17.5. The Labute approximate surface area is 150 Å². The number of halogens is 2. The Bertz CT molecular complexity index is 830. The molecule has 1 unspecified atom stereocenters. The Morgan fingerprint density at radius 2 is 1.83 bits per heavy atom. The molecule has 3 rings (SSSR count). The number of carbonyl (C=O) groups is 1. The summed E-state index contributed by atoms with van der Waals surface area (Å²) in [6.45, 7) is 5.79. The van der Waals surface area contributed by atoms with E-state index in [1.165, 1.54) is 0 Å². The lowest BCUT2D eigenvalue weighted by atomic mass is 10.0. The van der Waals surface area contributed by atoms with Gasteiger partial charge in [0.05, 0.1) is 21.3 Å². The van der Waals surface area contributed by atoms with E-state index in [1.807, 2.05) is 6.07 Å². The summed E-state index contributed by atoms with van der Waals surface area (Å²) in [4.78, 5) is 12.6. The molecule has 6 heteroatoms. The minimum absolute atomic E-state index is 0.213. The fraction of sp³-hybridized carbons (Fsp3) is 0.167. The molecule has 0 bridgehead atoms. The van der Waals surface area contributed by atoms with E-state index in [2.05, 4.69) is 11.9 Å². The minimum atomic E-state index is -0.967. The second kappa shape index (κ2) is 6.13. The second-order valence-electron chi connectivity index (χ2n) is 5.46. The van der Waals surface area contributed by atoms with E-state index in [0.29, 0.717) is 17.0 Å². The molecular formula is C18H15Cl2NO3. The molecule has 2 aromatic carbocycles. The maximum Gasteiger partial charge on any atom is 0.258 e. The zero-order valence-corrected chi connectivity index (χ0v) is 14.7. The van der Waals surface area contributed by atoms with Crippen LogP contribution in [0.25, 0.3) is 5.57 Å². The molecule has 1 atom stereocenters. The number of benzene rings is 2. The number of anilines is 1. The Kier molecular flexibility index (Phi) is 4.30. The molecule has 1 N–H and O–H groups in total. The molecule has 1 aliphatic rings. The molecule has 1 heterocycles. The number of methoxy groups -OCH3 is 1. The van der Waals surface area contributed by atoms with Crippen molar-refractivity contribution in [3.8, 4) is 5.75 Å². The van der Waals surface area contributed by atoms with Gasteiger partial charge in [-0.3, -0.25) is 4.79 Å². The lowest BCUT2D eigenvalue weighted by Crippen LogP contribution is -2.31. The van der Waals surface area contributed by atoms with Gasteiger partial charge in [-0.15, -0.1) is 0 Å². The maximum absolute atomic E-state index is 12.6. The summed E-state index contributed by atoms with van der Waals surface area (Å²) in [6.07, 6.45) is 0. The molecule has 0 aromatic heterocycles. The van der Waals surface area contributed by atoms with Crippen molar-refractivity contribution in [2.45, 2.75) is 12.7 Å². The summed E-state index contributed by atoms with van der Waals surface area (Å²) in [5.41, 5.74) is 2.18. The number of fused-ring (bicyclic) bond motifs is 1. The SMILES string of the molecule is C=C1c2cccc(NC(=O)c3c(Cl)cccc3Cl)c2OC1(C)OC. The first-order valence-electron chi connectivity index (χ1n) is 7.19. The number of ether oxygens (including phenoxy) is 2. The lowest BCUT2D eigenvalue weighted by molar-refractivity contribution is -0.0910. The van der Waals surface area contributed by atoms with Crippen molar-refractivity contribution in [2.75, 3.05) is 12.4 Å².